The second kappa shape index (κ2) is 4.04. The molecule has 0 unspecified atom stereocenters. The number of rotatable bonds is 2. The number of hydrogen-bond donors (Lipinski definition) is 0. The van der Waals surface area contributed by atoms with Crippen LogP contribution in [0.25, 0.3) is 0 Å². The van der Waals surface area contributed by atoms with Crippen molar-refractivity contribution < 1.29 is 0 Å². The van der Waals surface area contributed by atoms with Crippen molar-refractivity contribution in [1.82, 2.24) is 14.8 Å². The van der Waals surface area contributed by atoms with Crippen LogP contribution in [0.2, 0.25) is 0 Å². The minimum absolute atomic E-state index is 0.781. The first-order valence-electron chi connectivity index (χ1n) is 3.21. The highest BCUT2D eigenvalue weighted by Gasteiger charge is 1.97. The second-order valence-corrected chi connectivity index (χ2v) is 2.88. The van der Waals surface area contributed by atoms with E-state index in [4.69, 9.17) is 0 Å². The van der Waals surface area contributed by atoms with Crippen LogP contribution in [-0.2, 0) is 7.05 Å². The second-order valence-electron chi connectivity index (χ2n) is 1.94. The van der Waals surface area contributed by atoms with Crippen molar-refractivity contribution >= 4 is 11.8 Å². The smallest absolute Gasteiger partial charge is 0.191 e. The van der Waals surface area contributed by atoms with Gasteiger partial charge in [-0.2, -0.15) is 0 Å². The fourth-order valence-corrected chi connectivity index (χ4v) is 1.28. The summed E-state index contributed by atoms with van der Waals surface area (Å²) in [6.07, 6.45) is 1.68. The molecule has 4 heteroatoms. The molecule has 0 aliphatic rings. The lowest BCUT2D eigenvalue weighted by atomic mass is 10.7. The number of nitrogens with zero attached hydrogens (tertiary/aromatic N) is 3. The van der Waals surface area contributed by atoms with E-state index >= 15 is 0 Å². The lowest BCUT2D eigenvalue weighted by Crippen LogP contribution is -1.88. The lowest BCUT2D eigenvalue weighted by Gasteiger charge is -1.93. The fraction of sp³-hybridized carbons (Fsp3) is 0.429. The van der Waals surface area contributed by atoms with E-state index in [1.807, 2.05) is 18.5 Å². The van der Waals surface area contributed by atoms with Crippen molar-refractivity contribution in [3.63, 3.8) is 0 Å². The standard InChI is InChI=1S/C7H9N3S/c1-3-4-5-11-7-9-8-6-10(7)2/h6H,5H2,1-2H3. The Morgan fingerprint density at radius 3 is 3.09 bits per heavy atom. The molecule has 1 aromatic rings. The molecule has 58 valence electrons. The van der Waals surface area contributed by atoms with E-state index < -0.39 is 0 Å². The van der Waals surface area contributed by atoms with Gasteiger partial charge in [-0.05, 0) is 6.92 Å². The van der Waals surface area contributed by atoms with Gasteiger partial charge >= 0.3 is 0 Å². The van der Waals surface area contributed by atoms with E-state index in [0.717, 1.165) is 10.9 Å². The van der Waals surface area contributed by atoms with E-state index in [2.05, 4.69) is 22.0 Å². The van der Waals surface area contributed by atoms with Crippen LogP contribution in [-0.4, -0.2) is 20.5 Å². The topological polar surface area (TPSA) is 30.7 Å². The van der Waals surface area contributed by atoms with Gasteiger partial charge in [-0.1, -0.05) is 17.7 Å². The number of aryl methyl sites for hydroxylation is 1. The van der Waals surface area contributed by atoms with Crippen LogP contribution < -0.4 is 0 Å². The molecule has 0 fully saturated rings. The van der Waals surface area contributed by atoms with Gasteiger partial charge in [-0.25, -0.2) is 0 Å². The van der Waals surface area contributed by atoms with Crippen LogP contribution in [0, 0.1) is 11.8 Å². The maximum Gasteiger partial charge on any atom is 0.191 e. The third-order valence-corrected chi connectivity index (χ3v) is 2.04. The molecule has 0 saturated heterocycles. The van der Waals surface area contributed by atoms with Gasteiger partial charge in [0.1, 0.15) is 6.33 Å². The van der Waals surface area contributed by atoms with Crippen molar-refractivity contribution in [3.05, 3.63) is 6.33 Å². The molecule has 0 amide bonds. The third kappa shape index (κ3) is 2.28. The van der Waals surface area contributed by atoms with Gasteiger partial charge in [0, 0.05) is 7.05 Å². The summed E-state index contributed by atoms with van der Waals surface area (Å²) in [5.41, 5.74) is 0. The first-order valence-corrected chi connectivity index (χ1v) is 4.19. The minimum Gasteiger partial charge on any atom is -0.312 e. The van der Waals surface area contributed by atoms with Crippen molar-refractivity contribution in [3.8, 4) is 11.8 Å². The Bertz CT molecular complexity index is 281. The van der Waals surface area contributed by atoms with Gasteiger partial charge in [0.15, 0.2) is 5.16 Å². The van der Waals surface area contributed by atoms with Crippen LogP contribution >= 0.6 is 11.8 Å². The summed E-state index contributed by atoms with van der Waals surface area (Å²) in [5, 5.41) is 8.55. The predicted molar refractivity (Wildman–Crippen MR) is 45.2 cm³/mol. The van der Waals surface area contributed by atoms with E-state index in [1.165, 1.54) is 0 Å². The zero-order valence-corrected chi connectivity index (χ0v) is 7.35. The molecule has 0 radical (unpaired) electrons. The number of hydrogen-bond acceptors (Lipinski definition) is 3. The monoisotopic (exact) mass is 167 g/mol. The Hall–Kier alpha value is -0.950. The Labute approximate surface area is 70.2 Å². The van der Waals surface area contributed by atoms with Crippen LogP contribution in [0.3, 0.4) is 0 Å². The van der Waals surface area contributed by atoms with Gasteiger partial charge in [-0.3, -0.25) is 0 Å². The third-order valence-electron chi connectivity index (χ3n) is 1.12. The Balaban J connectivity index is 2.48. The van der Waals surface area contributed by atoms with Crippen molar-refractivity contribution in [2.75, 3.05) is 5.75 Å². The normalized spacial score (nSPS) is 8.91. The lowest BCUT2D eigenvalue weighted by molar-refractivity contribution is 0.789. The van der Waals surface area contributed by atoms with E-state index in [0.29, 0.717) is 0 Å². The molecule has 11 heavy (non-hydrogen) atoms. The summed E-state index contributed by atoms with van der Waals surface area (Å²) in [6, 6.07) is 0. The molecule has 1 rings (SSSR count). The summed E-state index contributed by atoms with van der Waals surface area (Å²) >= 11 is 1.59. The van der Waals surface area contributed by atoms with Crippen molar-refractivity contribution in [2.24, 2.45) is 7.05 Å². The van der Waals surface area contributed by atoms with Crippen LogP contribution in [0.5, 0.6) is 0 Å². The molecule has 1 heterocycles. The maximum atomic E-state index is 3.90. The summed E-state index contributed by atoms with van der Waals surface area (Å²) < 4.78 is 1.88. The van der Waals surface area contributed by atoms with Crippen LogP contribution in [0.1, 0.15) is 6.92 Å². The Morgan fingerprint density at radius 2 is 2.55 bits per heavy atom. The number of aromatic nitrogens is 3. The first kappa shape index (κ1) is 8.15. The quantitative estimate of drug-likeness (QED) is 0.485. The molecule has 0 N–H and O–H groups in total. The maximum absolute atomic E-state index is 3.90. The van der Waals surface area contributed by atoms with E-state index in [9.17, 15) is 0 Å². The molecular weight excluding hydrogens is 158 g/mol. The summed E-state index contributed by atoms with van der Waals surface area (Å²) in [4.78, 5) is 0. The molecule has 0 aromatic carbocycles. The zero-order valence-electron chi connectivity index (χ0n) is 6.53. The molecule has 0 bridgehead atoms. The molecule has 0 aliphatic carbocycles. The molecule has 0 aliphatic heterocycles. The molecule has 3 nitrogen and oxygen atoms in total. The van der Waals surface area contributed by atoms with Crippen LogP contribution in [0.15, 0.2) is 11.5 Å². The van der Waals surface area contributed by atoms with Crippen LogP contribution in [0.4, 0.5) is 0 Å². The summed E-state index contributed by atoms with van der Waals surface area (Å²) in [6.45, 7) is 1.83. The molecule has 0 atom stereocenters. The van der Waals surface area contributed by atoms with Gasteiger partial charge in [0.25, 0.3) is 0 Å². The SMILES string of the molecule is CC#CCSc1nncn1C. The average molecular weight is 167 g/mol. The molecular formula is C7H9N3S. The Morgan fingerprint density at radius 1 is 1.73 bits per heavy atom. The summed E-state index contributed by atoms with van der Waals surface area (Å²) in [5.74, 6) is 6.55. The fourth-order valence-electron chi connectivity index (χ4n) is 0.576. The highest BCUT2D eigenvalue weighted by molar-refractivity contribution is 7.99. The number of thioether (sulfide) groups is 1. The van der Waals surface area contributed by atoms with Gasteiger partial charge in [0.05, 0.1) is 5.75 Å². The summed E-state index contributed by atoms with van der Waals surface area (Å²) in [7, 11) is 1.92. The van der Waals surface area contributed by atoms with Gasteiger partial charge in [0.2, 0.25) is 0 Å². The van der Waals surface area contributed by atoms with E-state index in [1.54, 1.807) is 18.1 Å². The molecule has 1 aromatic heterocycles. The van der Waals surface area contributed by atoms with E-state index in [-0.39, 0.29) is 0 Å². The van der Waals surface area contributed by atoms with Gasteiger partial charge < -0.3 is 4.57 Å². The highest BCUT2D eigenvalue weighted by Crippen LogP contribution is 2.11. The predicted octanol–water partition coefficient (Wildman–Crippen LogP) is 0.930. The average Bonchev–Trinajstić information content (AvgIpc) is 2.37. The Kier molecular flexibility index (Phi) is 2.99. The van der Waals surface area contributed by atoms with Gasteiger partial charge in [-0.15, -0.1) is 16.1 Å². The minimum atomic E-state index is 0.781. The molecule has 0 saturated carbocycles. The highest BCUT2D eigenvalue weighted by atomic mass is 32.2. The van der Waals surface area contributed by atoms with Crippen molar-refractivity contribution in [2.45, 2.75) is 12.1 Å². The van der Waals surface area contributed by atoms with Crippen molar-refractivity contribution in [1.29, 1.82) is 0 Å². The zero-order chi connectivity index (χ0) is 8.10. The first-order chi connectivity index (χ1) is 5.34. The molecule has 0 spiro atoms. The largest absolute Gasteiger partial charge is 0.312 e.